The predicted octanol–water partition coefficient (Wildman–Crippen LogP) is 25.8. The normalized spacial score (nSPS) is 11.4. The van der Waals surface area contributed by atoms with Crippen LogP contribution < -0.4 is 0 Å². The number of esters is 4. The maximum Gasteiger partial charge on any atom is 0.339 e. The zero-order valence-electron chi connectivity index (χ0n) is 57.7. The van der Waals surface area contributed by atoms with Crippen LogP contribution in [0.5, 0.6) is 0 Å². The zero-order chi connectivity index (χ0) is 62.1. The first kappa shape index (κ1) is 81.1. The van der Waals surface area contributed by atoms with Crippen molar-refractivity contribution >= 4 is 23.9 Å². The fraction of sp³-hybridized carbons (Fsp3) is 0.872. The van der Waals surface area contributed by atoms with Crippen LogP contribution >= 0.6 is 0 Å². The van der Waals surface area contributed by atoms with Gasteiger partial charge in [0.1, 0.15) is 0 Å². The number of unbranched alkanes of at least 4 members (excludes halogenated alkanes) is 56. The van der Waals surface area contributed by atoms with Gasteiger partial charge in [0.25, 0.3) is 0 Å². The highest BCUT2D eigenvalue weighted by atomic mass is 16.5. The van der Waals surface area contributed by atoms with Crippen molar-refractivity contribution in [3.05, 3.63) is 34.4 Å². The van der Waals surface area contributed by atoms with E-state index >= 15 is 0 Å². The van der Waals surface area contributed by atoms with Crippen LogP contribution in [0.1, 0.15) is 454 Å². The summed E-state index contributed by atoms with van der Waals surface area (Å²) in [4.78, 5) is 56.2. The Morgan fingerprint density at radius 2 is 0.291 bits per heavy atom. The van der Waals surface area contributed by atoms with E-state index < -0.39 is 23.9 Å². The molecule has 0 fully saturated rings. The van der Waals surface area contributed by atoms with Gasteiger partial charge in [-0.2, -0.15) is 0 Å². The van der Waals surface area contributed by atoms with Gasteiger partial charge in [0.15, 0.2) is 0 Å². The lowest BCUT2D eigenvalue weighted by molar-refractivity contribution is 0.0434. The van der Waals surface area contributed by atoms with E-state index in [0.29, 0.717) is 25.7 Å². The molecule has 0 heterocycles. The summed E-state index contributed by atoms with van der Waals surface area (Å²) in [6.45, 7) is 9.90. The second kappa shape index (κ2) is 65.1. The lowest BCUT2D eigenvalue weighted by atomic mass is 9.97. The number of benzene rings is 1. The number of carbonyl (C=O) groups is 4. The van der Waals surface area contributed by atoms with Crippen LogP contribution in [0.3, 0.4) is 0 Å². The number of rotatable bonds is 68. The van der Waals surface area contributed by atoms with Gasteiger partial charge >= 0.3 is 23.9 Å². The van der Waals surface area contributed by atoms with E-state index in [1.54, 1.807) is 0 Å². The average molecular weight is 1210 g/mol. The molecule has 0 aliphatic carbocycles. The second-order valence-corrected chi connectivity index (χ2v) is 26.3. The Morgan fingerprint density at radius 3 is 0.407 bits per heavy atom. The van der Waals surface area contributed by atoms with E-state index in [4.69, 9.17) is 18.9 Å². The van der Waals surface area contributed by atoms with Crippen LogP contribution in [0.2, 0.25) is 0 Å². The third-order valence-electron chi connectivity index (χ3n) is 18.0. The molecule has 0 saturated carbocycles. The molecule has 0 saturated heterocycles. The molecule has 0 radical (unpaired) electrons. The van der Waals surface area contributed by atoms with Crippen molar-refractivity contribution < 1.29 is 38.1 Å². The molecular formula is C78H142O8. The first-order valence-electron chi connectivity index (χ1n) is 38.3. The Hall–Kier alpha value is -2.90. The molecule has 502 valence electrons. The summed E-state index contributed by atoms with van der Waals surface area (Å²) < 4.78 is 23.4. The SMILES string of the molecule is CCCCCCCCCCCCCCCCCOC(=O)c1cc(C(=O)OCCCCCCCCCCCCCCCCC)c(C(=O)OCCCCCCCCCCCCCCCCC)cc1C(=O)OCCCCCCCCCCCCCCCCC. The van der Waals surface area contributed by atoms with Gasteiger partial charge < -0.3 is 18.9 Å². The highest BCUT2D eigenvalue weighted by Gasteiger charge is 2.29. The van der Waals surface area contributed by atoms with E-state index in [0.717, 1.165) is 51.4 Å². The maximum atomic E-state index is 14.1. The molecule has 86 heavy (non-hydrogen) atoms. The topological polar surface area (TPSA) is 105 Å². The van der Waals surface area contributed by atoms with Gasteiger partial charge in [0, 0.05) is 0 Å². The number of ether oxygens (including phenoxy) is 4. The highest BCUT2D eigenvalue weighted by molar-refractivity contribution is 6.10. The first-order valence-corrected chi connectivity index (χ1v) is 38.3. The van der Waals surface area contributed by atoms with Gasteiger partial charge in [-0.1, -0.05) is 387 Å². The Labute approximate surface area is 533 Å². The molecule has 0 aliphatic rings. The summed E-state index contributed by atoms with van der Waals surface area (Å²) in [6, 6.07) is 2.66. The summed E-state index contributed by atoms with van der Waals surface area (Å²) in [5.41, 5.74) is -0.314. The van der Waals surface area contributed by atoms with Crippen molar-refractivity contribution in [3.63, 3.8) is 0 Å². The Balaban J connectivity index is 2.96. The molecule has 0 N–H and O–H groups in total. The van der Waals surface area contributed by atoms with Crippen molar-refractivity contribution in [2.75, 3.05) is 26.4 Å². The number of hydrogen-bond acceptors (Lipinski definition) is 8. The molecule has 0 bridgehead atoms. The lowest BCUT2D eigenvalue weighted by Gasteiger charge is -2.15. The van der Waals surface area contributed by atoms with Gasteiger partial charge in [0.2, 0.25) is 0 Å². The van der Waals surface area contributed by atoms with E-state index in [-0.39, 0.29) is 48.7 Å². The molecule has 8 nitrogen and oxygen atoms in total. The van der Waals surface area contributed by atoms with Crippen molar-refractivity contribution in [1.82, 2.24) is 0 Å². The minimum atomic E-state index is -0.705. The molecule has 0 aromatic heterocycles. The predicted molar refractivity (Wildman–Crippen MR) is 367 cm³/mol. The van der Waals surface area contributed by atoms with Crippen LogP contribution in [0, 0.1) is 0 Å². The summed E-state index contributed by atoms with van der Waals surface area (Å²) in [5, 5.41) is 0. The van der Waals surface area contributed by atoms with Crippen molar-refractivity contribution in [2.45, 2.75) is 413 Å². The van der Waals surface area contributed by atoms with Gasteiger partial charge in [0.05, 0.1) is 48.7 Å². The molecule has 0 aliphatic heterocycles. The molecule has 1 aromatic rings. The zero-order valence-corrected chi connectivity index (χ0v) is 57.7. The third kappa shape index (κ3) is 50.9. The summed E-state index contributed by atoms with van der Waals surface area (Å²) in [7, 11) is 0. The molecule has 8 heteroatoms. The summed E-state index contributed by atoms with van der Waals surface area (Å²) in [6.07, 6.45) is 74.3. The van der Waals surface area contributed by atoms with Gasteiger partial charge in [-0.25, -0.2) is 19.2 Å². The quantitative estimate of drug-likeness (QED) is 0.0361. The van der Waals surface area contributed by atoms with E-state index in [1.165, 1.54) is 320 Å². The summed E-state index contributed by atoms with van der Waals surface area (Å²) >= 11 is 0. The van der Waals surface area contributed by atoms with Crippen LogP contribution in [0.15, 0.2) is 12.1 Å². The molecule has 0 spiro atoms. The molecule has 1 aromatic carbocycles. The first-order chi connectivity index (χ1) is 42.4. The van der Waals surface area contributed by atoms with Crippen LogP contribution in [-0.4, -0.2) is 50.3 Å². The van der Waals surface area contributed by atoms with E-state index in [9.17, 15) is 19.2 Å². The average Bonchev–Trinajstić information content (AvgIpc) is 3.67. The summed E-state index contributed by atoms with van der Waals surface area (Å²) in [5.74, 6) is -2.82. The standard InChI is InChI=1S/C78H142O8/c1-5-9-13-17-21-25-29-33-37-41-45-49-53-57-61-65-83-75(79)71-69-73(77(81)85-67-63-59-55-51-47-43-39-35-31-27-23-19-15-11-7-3)74(78(82)86-68-64-60-56-52-48-44-40-36-32-28-24-20-16-12-8-4)70-72(71)76(80)84-66-62-58-54-50-46-42-38-34-30-26-22-18-14-10-6-2/h69-70H,5-68H2,1-4H3. The third-order valence-corrected chi connectivity index (χ3v) is 18.0. The number of hydrogen-bond donors (Lipinski definition) is 0. The van der Waals surface area contributed by atoms with Crippen molar-refractivity contribution in [2.24, 2.45) is 0 Å². The fourth-order valence-corrected chi connectivity index (χ4v) is 12.1. The van der Waals surface area contributed by atoms with Gasteiger partial charge in [-0.05, 0) is 37.8 Å². The Kier molecular flexibility index (Phi) is 61.4. The monoisotopic (exact) mass is 1210 g/mol. The van der Waals surface area contributed by atoms with Crippen molar-refractivity contribution in [3.8, 4) is 0 Å². The Bertz CT molecular complexity index is 1420. The second-order valence-electron chi connectivity index (χ2n) is 26.3. The smallest absolute Gasteiger partial charge is 0.339 e. The van der Waals surface area contributed by atoms with E-state index in [1.807, 2.05) is 0 Å². The molecule has 0 unspecified atom stereocenters. The lowest BCUT2D eigenvalue weighted by Crippen LogP contribution is -2.21. The number of carbonyl (C=O) groups excluding carboxylic acids is 4. The van der Waals surface area contributed by atoms with Crippen LogP contribution in [0.25, 0.3) is 0 Å². The van der Waals surface area contributed by atoms with Crippen LogP contribution in [-0.2, 0) is 18.9 Å². The van der Waals surface area contributed by atoms with Crippen LogP contribution in [0.4, 0.5) is 0 Å². The fourth-order valence-electron chi connectivity index (χ4n) is 12.1. The minimum Gasteiger partial charge on any atom is -0.462 e. The largest absolute Gasteiger partial charge is 0.462 e. The van der Waals surface area contributed by atoms with Gasteiger partial charge in [-0.15, -0.1) is 0 Å². The Morgan fingerprint density at radius 1 is 0.186 bits per heavy atom. The van der Waals surface area contributed by atoms with Gasteiger partial charge in [-0.3, -0.25) is 0 Å². The molecule has 0 amide bonds. The van der Waals surface area contributed by atoms with E-state index in [2.05, 4.69) is 27.7 Å². The van der Waals surface area contributed by atoms with Crippen molar-refractivity contribution in [1.29, 1.82) is 0 Å². The molecular weight excluding hydrogens is 1060 g/mol. The maximum absolute atomic E-state index is 14.1. The molecule has 1 rings (SSSR count). The highest BCUT2D eigenvalue weighted by Crippen LogP contribution is 2.25. The molecule has 0 atom stereocenters. The minimum absolute atomic E-state index is 0.0784.